The lowest BCUT2D eigenvalue weighted by atomic mass is 10.1. The summed E-state index contributed by atoms with van der Waals surface area (Å²) in [5, 5.41) is 2.66. The minimum Gasteiger partial charge on any atom is -0.372 e. The van der Waals surface area contributed by atoms with Crippen LogP contribution in [0.5, 0.6) is 0 Å². The molecule has 1 aliphatic rings. The third-order valence-electron chi connectivity index (χ3n) is 4.67. The highest BCUT2D eigenvalue weighted by atomic mass is 19.1. The minimum atomic E-state index is -0.389. The van der Waals surface area contributed by atoms with Gasteiger partial charge in [0.05, 0.1) is 17.9 Å². The molecule has 148 valence electrons. The molecule has 0 aliphatic carbocycles. The number of nitrogens with one attached hydrogen (secondary N) is 1. The lowest BCUT2D eigenvalue weighted by molar-refractivity contribution is -0.116. The van der Waals surface area contributed by atoms with Crippen LogP contribution < -0.4 is 10.2 Å². The number of carbonyl (C=O) groups excluding carboxylic acids is 2. The maximum Gasteiger partial charge on any atom is 0.224 e. The highest BCUT2D eigenvalue weighted by Crippen LogP contribution is 2.26. The first kappa shape index (κ1) is 20.0. The van der Waals surface area contributed by atoms with Gasteiger partial charge in [0.2, 0.25) is 5.91 Å². The maximum atomic E-state index is 14.6. The zero-order chi connectivity index (χ0) is 20.1. The van der Waals surface area contributed by atoms with E-state index in [0.717, 1.165) is 0 Å². The Hall–Kier alpha value is -2.73. The molecule has 1 saturated heterocycles. The standard InChI is InChI=1S/C22H25FN2O3/c1-15-13-25(14-16(2)28-15)20-9-8-18(12-19(20)23)24-22(27)11-10-21(26)17-6-4-3-5-7-17/h3-9,12,15-16H,10-11,13-14H2,1-2H3,(H,24,27). The average molecular weight is 384 g/mol. The number of nitrogens with zero attached hydrogens (tertiary/aromatic N) is 1. The number of morpholine rings is 1. The largest absolute Gasteiger partial charge is 0.372 e. The van der Waals surface area contributed by atoms with Crippen LogP contribution in [0.25, 0.3) is 0 Å². The second-order valence-corrected chi connectivity index (χ2v) is 7.17. The Morgan fingerprint density at radius 2 is 1.75 bits per heavy atom. The number of halogens is 1. The molecule has 2 atom stereocenters. The van der Waals surface area contributed by atoms with Crippen molar-refractivity contribution in [3.8, 4) is 0 Å². The first-order valence-electron chi connectivity index (χ1n) is 9.50. The molecule has 0 spiro atoms. The summed E-state index contributed by atoms with van der Waals surface area (Å²) < 4.78 is 20.3. The van der Waals surface area contributed by atoms with E-state index in [-0.39, 0.29) is 42.6 Å². The van der Waals surface area contributed by atoms with Crippen LogP contribution >= 0.6 is 0 Å². The quantitative estimate of drug-likeness (QED) is 0.764. The van der Waals surface area contributed by atoms with Gasteiger partial charge in [0.25, 0.3) is 0 Å². The van der Waals surface area contributed by atoms with Crippen molar-refractivity contribution in [2.45, 2.75) is 38.9 Å². The van der Waals surface area contributed by atoms with E-state index in [1.54, 1.807) is 36.4 Å². The highest BCUT2D eigenvalue weighted by Gasteiger charge is 2.24. The smallest absolute Gasteiger partial charge is 0.224 e. The van der Waals surface area contributed by atoms with Gasteiger partial charge in [0.1, 0.15) is 5.82 Å². The first-order chi connectivity index (χ1) is 13.4. The van der Waals surface area contributed by atoms with E-state index in [9.17, 15) is 14.0 Å². The van der Waals surface area contributed by atoms with E-state index in [4.69, 9.17) is 4.74 Å². The molecule has 0 radical (unpaired) electrons. The Morgan fingerprint density at radius 3 is 2.39 bits per heavy atom. The van der Waals surface area contributed by atoms with Gasteiger partial charge in [-0.2, -0.15) is 0 Å². The van der Waals surface area contributed by atoms with Crippen LogP contribution in [0.3, 0.4) is 0 Å². The van der Waals surface area contributed by atoms with Gasteiger partial charge in [0, 0.05) is 37.2 Å². The number of ether oxygens (including phenoxy) is 1. The number of benzene rings is 2. The van der Waals surface area contributed by atoms with Gasteiger partial charge in [0.15, 0.2) is 5.78 Å². The Bertz CT molecular complexity index is 831. The molecule has 1 amide bonds. The van der Waals surface area contributed by atoms with Crippen LogP contribution in [0, 0.1) is 5.82 Å². The van der Waals surface area contributed by atoms with E-state index < -0.39 is 0 Å². The van der Waals surface area contributed by atoms with E-state index in [2.05, 4.69) is 5.32 Å². The van der Waals surface area contributed by atoms with Crippen LogP contribution in [0.15, 0.2) is 48.5 Å². The fourth-order valence-electron chi connectivity index (χ4n) is 3.43. The summed E-state index contributed by atoms with van der Waals surface area (Å²) in [5.41, 5.74) is 1.46. The summed E-state index contributed by atoms with van der Waals surface area (Å²) in [6, 6.07) is 13.5. The summed E-state index contributed by atoms with van der Waals surface area (Å²) in [4.78, 5) is 26.1. The van der Waals surface area contributed by atoms with Crippen molar-refractivity contribution in [3.05, 3.63) is 59.9 Å². The van der Waals surface area contributed by atoms with Crippen LogP contribution in [-0.2, 0) is 9.53 Å². The van der Waals surface area contributed by atoms with E-state index in [1.807, 2.05) is 24.8 Å². The van der Waals surface area contributed by atoms with Gasteiger partial charge in [-0.15, -0.1) is 0 Å². The van der Waals surface area contributed by atoms with Gasteiger partial charge in [-0.3, -0.25) is 9.59 Å². The lowest BCUT2D eigenvalue weighted by Gasteiger charge is -2.37. The molecule has 0 aromatic heterocycles. The van der Waals surface area contributed by atoms with Gasteiger partial charge in [-0.25, -0.2) is 4.39 Å². The first-order valence-corrected chi connectivity index (χ1v) is 9.50. The van der Waals surface area contributed by atoms with Crippen molar-refractivity contribution in [2.24, 2.45) is 0 Å². The van der Waals surface area contributed by atoms with Crippen molar-refractivity contribution in [3.63, 3.8) is 0 Å². The van der Waals surface area contributed by atoms with Crippen LogP contribution in [-0.4, -0.2) is 37.0 Å². The topological polar surface area (TPSA) is 58.6 Å². The number of carbonyl (C=O) groups is 2. The monoisotopic (exact) mass is 384 g/mol. The molecule has 0 bridgehead atoms. The van der Waals surface area contributed by atoms with Crippen molar-refractivity contribution in [2.75, 3.05) is 23.3 Å². The number of rotatable bonds is 6. The molecule has 1 heterocycles. The molecule has 2 unspecified atom stereocenters. The summed E-state index contributed by atoms with van der Waals surface area (Å²) in [5.74, 6) is -0.794. The highest BCUT2D eigenvalue weighted by molar-refractivity contribution is 6.00. The predicted molar refractivity (Wildman–Crippen MR) is 107 cm³/mol. The summed E-state index contributed by atoms with van der Waals surface area (Å²) in [7, 11) is 0. The van der Waals surface area contributed by atoms with Crippen LogP contribution in [0.4, 0.5) is 15.8 Å². The molecular formula is C22H25FN2O3. The molecular weight excluding hydrogens is 359 g/mol. The molecule has 0 saturated carbocycles. The fraction of sp³-hybridized carbons (Fsp3) is 0.364. The molecule has 2 aromatic rings. The van der Waals surface area contributed by atoms with Crippen LogP contribution in [0.1, 0.15) is 37.0 Å². The van der Waals surface area contributed by atoms with Crippen molar-refractivity contribution < 1.29 is 18.7 Å². The summed E-state index contributed by atoms with van der Waals surface area (Å²) >= 11 is 0. The third kappa shape index (κ3) is 5.16. The molecule has 1 aliphatic heterocycles. The average Bonchev–Trinajstić information content (AvgIpc) is 2.66. The zero-order valence-electron chi connectivity index (χ0n) is 16.2. The fourth-order valence-corrected chi connectivity index (χ4v) is 3.43. The normalized spacial score (nSPS) is 19.3. The maximum absolute atomic E-state index is 14.6. The van der Waals surface area contributed by atoms with Gasteiger partial charge >= 0.3 is 0 Å². The van der Waals surface area contributed by atoms with E-state index in [0.29, 0.717) is 30.0 Å². The van der Waals surface area contributed by atoms with E-state index >= 15 is 0 Å². The van der Waals surface area contributed by atoms with Gasteiger partial charge < -0.3 is 15.0 Å². The number of hydrogen-bond acceptors (Lipinski definition) is 4. The van der Waals surface area contributed by atoms with E-state index in [1.165, 1.54) is 6.07 Å². The number of anilines is 2. The molecule has 1 fully saturated rings. The number of amides is 1. The van der Waals surface area contributed by atoms with Gasteiger partial charge in [-0.05, 0) is 32.0 Å². The number of Topliss-reactive ketones (excluding diaryl/α,β-unsaturated/α-hetero) is 1. The third-order valence-corrected chi connectivity index (χ3v) is 4.67. The summed E-state index contributed by atoms with van der Waals surface area (Å²) in [6.45, 7) is 5.17. The molecule has 3 rings (SSSR count). The Labute approximate surface area is 164 Å². The molecule has 6 heteroatoms. The number of hydrogen-bond donors (Lipinski definition) is 1. The SMILES string of the molecule is CC1CN(c2ccc(NC(=O)CCC(=O)c3ccccc3)cc2F)CC(C)O1. The Morgan fingerprint density at radius 1 is 1.07 bits per heavy atom. The second kappa shape index (κ2) is 8.97. The summed E-state index contributed by atoms with van der Waals surface area (Å²) in [6.07, 6.45) is 0.226. The Kier molecular flexibility index (Phi) is 6.41. The zero-order valence-corrected chi connectivity index (χ0v) is 16.2. The predicted octanol–water partition coefficient (Wildman–Crippen LogP) is 4.04. The second-order valence-electron chi connectivity index (χ2n) is 7.17. The lowest BCUT2D eigenvalue weighted by Crippen LogP contribution is -2.45. The van der Waals surface area contributed by atoms with Crippen LogP contribution in [0.2, 0.25) is 0 Å². The van der Waals surface area contributed by atoms with Gasteiger partial charge in [-0.1, -0.05) is 30.3 Å². The molecule has 2 aromatic carbocycles. The van der Waals surface area contributed by atoms with Crippen molar-refractivity contribution >= 4 is 23.1 Å². The molecule has 5 nitrogen and oxygen atoms in total. The van der Waals surface area contributed by atoms with Crippen molar-refractivity contribution in [1.29, 1.82) is 0 Å². The minimum absolute atomic E-state index is 0.0321. The van der Waals surface area contributed by atoms with Crippen molar-refractivity contribution in [1.82, 2.24) is 0 Å². The molecule has 1 N–H and O–H groups in total. The Balaban J connectivity index is 1.56. The number of ketones is 1. The molecule has 28 heavy (non-hydrogen) atoms.